The van der Waals surface area contributed by atoms with E-state index in [1.807, 2.05) is 31.2 Å². The Labute approximate surface area is 141 Å². The molecular weight excluding hydrogens is 308 g/mol. The summed E-state index contributed by atoms with van der Waals surface area (Å²) in [5, 5.41) is 3.24. The van der Waals surface area contributed by atoms with Crippen LogP contribution in [0.3, 0.4) is 0 Å². The number of rotatable bonds is 7. The normalized spacial score (nSPS) is 18.3. The highest BCUT2D eigenvalue weighted by Crippen LogP contribution is 2.24. The topological polar surface area (TPSA) is 72.2 Å². The summed E-state index contributed by atoms with van der Waals surface area (Å²) >= 11 is 0. The molecule has 2 rings (SSSR count). The third-order valence-corrected chi connectivity index (χ3v) is 6.10. The number of nitrogens with one attached hydrogen (secondary N) is 1. The zero-order valence-corrected chi connectivity index (χ0v) is 14.7. The van der Waals surface area contributed by atoms with Crippen molar-refractivity contribution in [1.82, 2.24) is 0 Å². The maximum absolute atomic E-state index is 12.5. The number of hydrogen-bond donors (Lipinski definition) is 2. The number of amides is 1. The van der Waals surface area contributed by atoms with E-state index in [0.29, 0.717) is 23.8 Å². The van der Waals surface area contributed by atoms with Crippen molar-refractivity contribution >= 4 is 22.4 Å². The Morgan fingerprint density at radius 2 is 2.09 bits per heavy atom. The molecule has 23 heavy (non-hydrogen) atoms. The van der Waals surface area contributed by atoms with Crippen molar-refractivity contribution in [3.8, 4) is 0 Å². The standard InChI is InChI=1S/C18H28N2O2S/c1-14(19)10-11-18(21)20-16-7-5-6-15(12-16)13-23(22)17-8-3-2-4-9-17/h5-7,12,14,17H,2-4,8-11,13,19H2,1H3,(H,20,21). The largest absolute Gasteiger partial charge is 0.328 e. The Morgan fingerprint density at radius 3 is 2.78 bits per heavy atom. The molecule has 0 radical (unpaired) electrons. The Kier molecular flexibility index (Phi) is 7.24. The summed E-state index contributed by atoms with van der Waals surface area (Å²) in [6, 6.07) is 7.74. The van der Waals surface area contributed by atoms with Crippen LogP contribution in [0.2, 0.25) is 0 Å². The molecule has 4 nitrogen and oxygen atoms in total. The van der Waals surface area contributed by atoms with E-state index in [4.69, 9.17) is 5.73 Å². The lowest BCUT2D eigenvalue weighted by atomic mass is 10.0. The third kappa shape index (κ3) is 6.43. The minimum Gasteiger partial charge on any atom is -0.328 e. The first-order valence-corrected chi connectivity index (χ1v) is 9.94. The van der Waals surface area contributed by atoms with Crippen molar-refractivity contribution in [3.05, 3.63) is 29.8 Å². The number of carbonyl (C=O) groups excluding carboxylic acids is 1. The zero-order valence-electron chi connectivity index (χ0n) is 13.9. The van der Waals surface area contributed by atoms with Crippen LogP contribution in [-0.2, 0) is 21.3 Å². The number of anilines is 1. The molecule has 5 heteroatoms. The van der Waals surface area contributed by atoms with Gasteiger partial charge in [0.05, 0.1) is 0 Å². The molecule has 0 aliphatic heterocycles. The monoisotopic (exact) mass is 336 g/mol. The molecule has 2 atom stereocenters. The molecule has 1 aliphatic carbocycles. The number of hydrogen-bond acceptors (Lipinski definition) is 3. The average molecular weight is 337 g/mol. The van der Waals surface area contributed by atoms with Gasteiger partial charge in [-0.25, -0.2) is 0 Å². The summed E-state index contributed by atoms with van der Waals surface area (Å²) in [5.41, 5.74) is 7.47. The van der Waals surface area contributed by atoms with Crippen LogP contribution in [-0.4, -0.2) is 21.4 Å². The summed E-state index contributed by atoms with van der Waals surface area (Å²) in [5.74, 6) is 0.557. The zero-order chi connectivity index (χ0) is 16.7. The Hall–Kier alpha value is -1.20. The van der Waals surface area contributed by atoms with Crippen molar-refractivity contribution in [2.45, 2.75) is 68.9 Å². The highest BCUT2D eigenvalue weighted by Gasteiger charge is 2.19. The van der Waals surface area contributed by atoms with Crippen LogP contribution in [0.15, 0.2) is 24.3 Å². The lowest BCUT2D eigenvalue weighted by Crippen LogP contribution is -2.20. The van der Waals surface area contributed by atoms with Crippen LogP contribution in [0.5, 0.6) is 0 Å². The van der Waals surface area contributed by atoms with Crippen molar-refractivity contribution in [1.29, 1.82) is 0 Å². The third-order valence-electron chi connectivity index (χ3n) is 4.27. The SMILES string of the molecule is CC(N)CCC(=O)Nc1cccc(CS(=O)C2CCCCC2)c1. The predicted molar refractivity (Wildman–Crippen MR) is 96.7 cm³/mol. The van der Waals surface area contributed by atoms with Gasteiger partial charge < -0.3 is 11.1 Å². The summed E-state index contributed by atoms with van der Waals surface area (Å²) in [7, 11) is -0.817. The van der Waals surface area contributed by atoms with Crippen molar-refractivity contribution in [2.75, 3.05) is 5.32 Å². The molecule has 1 saturated carbocycles. The fourth-order valence-corrected chi connectivity index (χ4v) is 4.53. The predicted octanol–water partition coefficient (Wildman–Crippen LogP) is 3.33. The Balaban J connectivity index is 1.88. The van der Waals surface area contributed by atoms with Gasteiger partial charge in [-0.3, -0.25) is 9.00 Å². The second-order valence-corrected chi connectivity index (χ2v) is 8.27. The van der Waals surface area contributed by atoms with Gasteiger partial charge in [0.15, 0.2) is 0 Å². The fourth-order valence-electron chi connectivity index (χ4n) is 2.93. The van der Waals surface area contributed by atoms with Gasteiger partial charge in [-0.2, -0.15) is 0 Å². The van der Waals surface area contributed by atoms with Gasteiger partial charge in [-0.15, -0.1) is 0 Å². The molecule has 3 N–H and O–H groups in total. The maximum Gasteiger partial charge on any atom is 0.224 e. The van der Waals surface area contributed by atoms with Crippen LogP contribution in [0.1, 0.15) is 57.4 Å². The van der Waals surface area contributed by atoms with E-state index in [1.165, 1.54) is 19.3 Å². The molecular formula is C18H28N2O2S. The molecule has 1 amide bonds. The minimum absolute atomic E-state index is 0.0205. The second kappa shape index (κ2) is 9.18. The molecule has 0 saturated heterocycles. The molecule has 0 spiro atoms. The molecule has 1 aromatic carbocycles. The van der Waals surface area contributed by atoms with E-state index >= 15 is 0 Å². The van der Waals surface area contributed by atoms with Gasteiger partial charge in [0, 0.05) is 40.0 Å². The van der Waals surface area contributed by atoms with Crippen LogP contribution >= 0.6 is 0 Å². The van der Waals surface area contributed by atoms with E-state index in [-0.39, 0.29) is 11.9 Å². The lowest BCUT2D eigenvalue weighted by Gasteiger charge is -2.21. The highest BCUT2D eigenvalue weighted by molar-refractivity contribution is 7.84. The van der Waals surface area contributed by atoms with Gasteiger partial charge >= 0.3 is 0 Å². The van der Waals surface area contributed by atoms with Crippen LogP contribution in [0.4, 0.5) is 5.69 Å². The summed E-state index contributed by atoms with van der Waals surface area (Å²) in [4.78, 5) is 11.9. The highest BCUT2D eigenvalue weighted by atomic mass is 32.2. The molecule has 2 unspecified atom stereocenters. The number of benzene rings is 1. The van der Waals surface area contributed by atoms with Crippen molar-refractivity contribution < 1.29 is 9.00 Å². The lowest BCUT2D eigenvalue weighted by molar-refractivity contribution is -0.116. The summed E-state index contributed by atoms with van der Waals surface area (Å²) in [6.45, 7) is 1.90. The number of nitrogens with two attached hydrogens (primary N) is 1. The molecule has 1 aromatic rings. The maximum atomic E-state index is 12.5. The molecule has 1 fully saturated rings. The summed E-state index contributed by atoms with van der Waals surface area (Å²) in [6.07, 6.45) is 6.95. The van der Waals surface area contributed by atoms with E-state index in [0.717, 1.165) is 24.1 Å². The first-order chi connectivity index (χ1) is 11.0. The quantitative estimate of drug-likeness (QED) is 0.802. The Morgan fingerprint density at radius 1 is 1.35 bits per heavy atom. The molecule has 0 aromatic heterocycles. The Bertz CT molecular complexity index is 540. The fraction of sp³-hybridized carbons (Fsp3) is 0.611. The van der Waals surface area contributed by atoms with E-state index in [2.05, 4.69) is 5.32 Å². The van der Waals surface area contributed by atoms with Gasteiger partial charge in [0.25, 0.3) is 0 Å². The molecule has 0 heterocycles. The van der Waals surface area contributed by atoms with E-state index in [9.17, 15) is 9.00 Å². The van der Waals surface area contributed by atoms with Gasteiger partial charge in [-0.1, -0.05) is 31.4 Å². The van der Waals surface area contributed by atoms with Crippen LogP contribution in [0.25, 0.3) is 0 Å². The van der Waals surface area contributed by atoms with Crippen molar-refractivity contribution in [3.63, 3.8) is 0 Å². The van der Waals surface area contributed by atoms with E-state index < -0.39 is 10.8 Å². The van der Waals surface area contributed by atoms with Gasteiger partial charge in [0.1, 0.15) is 0 Å². The first kappa shape index (κ1) is 18.1. The van der Waals surface area contributed by atoms with Crippen LogP contribution < -0.4 is 11.1 Å². The summed E-state index contributed by atoms with van der Waals surface area (Å²) < 4.78 is 12.5. The van der Waals surface area contributed by atoms with Gasteiger partial charge in [-0.05, 0) is 43.9 Å². The first-order valence-electron chi connectivity index (χ1n) is 8.56. The number of carbonyl (C=O) groups is 1. The second-order valence-electron chi connectivity index (χ2n) is 6.55. The molecule has 128 valence electrons. The average Bonchev–Trinajstić information content (AvgIpc) is 2.54. The molecule has 1 aliphatic rings. The van der Waals surface area contributed by atoms with Gasteiger partial charge in [0.2, 0.25) is 5.91 Å². The van der Waals surface area contributed by atoms with Crippen molar-refractivity contribution in [2.24, 2.45) is 5.73 Å². The minimum atomic E-state index is -0.817. The smallest absolute Gasteiger partial charge is 0.224 e. The van der Waals surface area contributed by atoms with E-state index in [1.54, 1.807) is 0 Å². The molecule has 0 bridgehead atoms. The van der Waals surface area contributed by atoms with Crippen LogP contribution in [0, 0.1) is 0 Å².